The molecule has 1 heterocycles. The van der Waals surface area contributed by atoms with E-state index in [1.54, 1.807) is 11.3 Å². The molecular formula is C16H12ClNS. The molecule has 0 fully saturated rings. The summed E-state index contributed by atoms with van der Waals surface area (Å²) in [6, 6.07) is 14.0. The molecule has 19 heavy (non-hydrogen) atoms. The summed E-state index contributed by atoms with van der Waals surface area (Å²) in [4.78, 5) is 2.45. The summed E-state index contributed by atoms with van der Waals surface area (Å²) >= 11 is 8.17. The number of halogens is 1. The summed E-state index contributed by atoms with van der Waals surface area (Å²) in [6.45, 7) is 0. The summed E-state index contributed by atoms with van der Waals surface area (Å²) in [6.07, 6.45) is 3.53. The second kappa shape index (κ2) is 5.21. The molecule has 0 amide bonds. The van der Waals surface area contributed by atoms with Gasteiger partial charge < -0.3 is 0 Å². The summed E-state index contributed by atoms with van der Waals surface area (Å²) in [5, 5.41) is 9.95. The lowest BCUT2D eigenvalue weighted by Crippen LogP contribution is -1.84. The van der Waals surface area contributed by atoms with Crippen molar-refractivity contribution in [2.45, 2.75) is 19.3 Å². The van der Waals surface area contributed by atoms with E-state index in [2.05, 4.69) is 12.1 Å². The largest absolute Gasteiger partial charge is 0.192 e. The third-order valence-corrected chi connectivity index (χ3v) is 5.12. The number of nitriles is 1. The number of rotatable bonds is 2. The van der Waals surface area contributed by atoms with Crippen molar-refractivity contribution in [2.24, 2.45) is 0 Å². The number of fused-ring (bicyclic) bond motifs is 1. The van der Waals surface area contributed by atoms with Crippen molar-refractivity contribution in [3.05, 3.63) is 57.3 Å². The highest BCUT2D eigenvalue weighted by Crippen LogP contribution is 2.38. The number of hydrogen-bond donors (Lipinski definition) is 0. The maximum Gasteiger partial charge on any atom is 0.101 e. The molecule has 1 aromatic heterocycles. The first-order chi connectivity index (χ1) is 9.29. The predicted octanol–water partition coefficient (Wildman–Crippen LogP) is 4.87. The number of hydrogen-bond acceptors (Lipinski definition) is 2. The van der Waals surface area contributed by atoms with E-state index in [1.165, 1.54) is 16.9 Å². The molecule has 0 N–H and O–H groups in total. The molecule has 0 aliphatic heterocycles. The van der Waals surface area contributed by atoms with Gasteiger partial charge >= 0.3 is 0 Å². The van der Waals surface area contributed by atoms with Crippen LogP contribution in [0.5, 0.6) is 0 Å². The molecule has 0 bridgehead atoms. The fraction of sp³-hybridized carbons (Fsp3) is 0.188. The molecule has 1 nitrogen and oxygen atoms in total. The van der Waals surface area contributed by atoms with Crippen molar-refractivity contribution in [1.82, 2.24) is 0 Å². The van der Waals surface area contributed by atoms with Crippen LogP contribution in [0.15, 0.2) is 36.4 Å². The normalized spacial score (nSPS) is 14.7. The van der Waals surface area contributed by atoms with E-state index in [-0.39, 0.29) is 0 Å². The van der Waals surface area contributed by atoms with Gasteiger partial charge in [-0.05, 0) is 36.5 Å². The number of allylic oxidation sites excluding steroid dienone is 1. The van der Waals surface area contributed by atoms with Gasteiger partial charge in [0, 0.05) is 9.75 Å². The Kier molecular flexibility index (Phi) is 3.42. The van der Waals surface area contributed by atoms with Gasteiger partial charge in [-0.15, -0.1) is 11.3 Å². The maximum absolute atomic E-state index is 9.37. The van der Waals surface area contributed by atoms with E-state index in [1.807, 2.05) is 30.3 Å². The zero-order valence-electron chi connectivity index (χ0n) is 10.3. The summed E-state index contributed by atoms with van der Waals surface area (Å²) in [5.41, 5.74) is 2.84. The van der Waals surface area contributed by atoms with Crippen molar-refractivity contribution in [2.75, 3.05) is 0 Å². The first kappa shape index (κ1) is 12.5. The summed E-state index contributed by atoms with van der Waals surface area (Å²) < 4.78 is 0. The first-order valence-electron chi connectivity index (χ1n) is 6.27. The minimum atomic E-state index is 0.558. The minimum absolute atomic E-state index is 0.558. The maximum atomic E-state index is 9.37. The number of thiophene rings is 1. The highest BCUT2D eigenvalue weighted by molar-refractivity contribution is 7.14. The molecule has 0 atom stereocenters. The predicted molar refractivity (Wildman–Crippen MR) is 81.1 cm³/mol. The topological polar surface area (TPSA) is 23.8 Å². The highest BCUT2D eigenvalue weighted by atomic mass is 35.5. The van der Waals surface area contributed by atoms with Crippen molar-refractivity contribution in [3.8, 4) is 6.07 Å². The number of aryl methyl sites for hydroxylation is 2. The minimum Gasteiger partial charge on any atom is -0.192 e. The Balaban J connectivity index is 2.06. The van der Waals surface area contributed by atoms with Gasteiger partial charge in [0.2, 0.25) is 0 Å². The van der Waals surface area contributed by atoms with Crippen molar-refractivity contribution in [1.29, 1.82) is 5.26 Å². The lowest BCUT2D eigenvalue weighted by Gasteiger charge is -2.02. The molecule has 1 aliphatic carbocycles. The Hall–Kier alpha value is -1.56. The van der Waals surface area contributed by atoms with E-state index in [9.17, 15) is 5.26 Å². The van der Waals surface area contributed by atoms with Gasteiger partial charge in [-0.25, -0.2) is 0 Å². The van der Waals surface area contributed by atoms with Gasteiger partial charge in [-0.3, -0.25) is 0 Å². The molecule has 94 valence electrons. The molecular weight excluding hydrogens is 274 g/mol. The van der Waals surface area contributed by atoms with Crippen LogP contribution in [0.2, 0.25) is 0 Å². The summed E-state index contributed by atoms with van der Waals surface area (Å²) in [7, 11) is 0. The second-order valence-electron chi connectivity index (χ2n) is 4.58. The third kappa shape index (κ3) is 2.32. The van der Waals surface area contributed by atoms with Crippen LogP contribution in [0.4, 0.5) is 0 Å². The van der Waals surface area contributed by atoms with Gasteiger partial charge in [-0.2, -0.15) is 5.26 Å². The number of benzene rings is 1. The Bertz CT molecular complexity index is 655. The lowest BCUT2D eigenvalue weighted by atomic mass is 10.1. The van der Waals surface area contributed by atoms with Crippen LogP contribution in [0.1, 0.15) is 27.3 Å². The lowest BCUT2D eigenvalue weighted by molar-refractivity contribution is 0.914. The molecule has 1 aliphatic rings. The molecule has 0 radical (unpaired) electrons. The number of nitrogens with zero attached hydrogens (tertiary/aromatic N) is 1. The van der Waals surface area contributed by atoms with Crippen LogP contribution in [0.25, 0.3) is 10.6 Å². The Morgan fingerprint density at radius 2 is 2.00 bits per heavy atom. The van der Waals surface area contributed by atoms with Crippen molar-refractivity contribution < 1.29 is 0 Å². The van der Waals surface area contributed by atoms with E-state index >= 15 is 0 Å². The van der Waals surface area contributed by atoms with Crippen LogP contribution in [-0.2, 0) is 12.8 Å². The van der Waals surface area contributed by atoms with Crippen LogP contribution in [0.3, 0.4) is 0 Å². The molecule has 2 aromatic rings. The van der Waals surface area contributed by atoms with Crippen LogP contribution in [-0.4, -0.2) is 0 Å². The zero-order chi connectivity index (χ0) is 13.2. The van der Waals surface area contributed by atoms with Gasteiger partial charge in [0.25, 0.3) is 0 Å². The standard InChI is InChI=1S/C16H12ClNS/c17-16(13(10-18)11-5-2-1-3-6-11)15-9-12-7-4-8-14(12)19-15/h1-3,5-6,9H,4,7-8H2. The second-order valence-corrected chi connectivity index (χ2v) is 6.09. The fourth-order valence-corrected chi connectivity index (χ4v) is 3.92. The molecule has 0 saturated heterocycles. The average molecular weight is 286 g/mol. The van der Waals surface area contributed by atoms with Crippen LogP contribution >= 0.6 is 22.9 Å². The first-order valence-corrected chi connectivity index (χ1v) is 7.46. The van der Waals surface area contributed by atoms with Crippen molar-refractivity contribution in [3.63, 3.8) is 0 Å². The van der Waals surface area contributed by atoms with Gasteiger partial charge in [0.15, 0.2) is 0 Å². The van der Waals surface area contributed by atoms with E-state index in [4.69, 9.17) is 11.6 Å². The van der Waals surface area contributed by atoms with Crippen molar-refractivity contribution >= 4 is 33.5 Å². The van der Waals surface area contributed by atoms with Gasteiger partial charge in [0.1, 0.15) is 6.07 Å². The zero-order valence-corrected chi connectivity index (χ0v) is 11.9. The SMILES string of the molecule is N#CC(=C(Cl)c1cc2c(s1)CCC2)c1ccccc1. The molecule has 0 saturated carbocycles. The monoisotopic (exact) mass is 285 g/mol. The van der Waals surface area contributed by atoms with Gasteiger partial charge in [-0.1, -0.05) is 41.9 Å². The molecule has 0 unspecified atom stereocenters. The molecule has 3 heteroatoms. The highest BCUT2D eigenvalue weighted by Gasteiger charge is 2.18. The average Bonchev–Trinajstić information content (AvgIpc) is 3.01. The molecule has 1 aromatic carbocycles. The third-order valence-electron chi connectivity index (χ3n) is 3.36. The van der Waals surface area contributed by atoms with E-state index in [0.29, 0.717) is 10.6 Å². The Morgan fingerprint density at radius 1 is 1.21 bits per heavy atom. The Labute approximate surface area is 121 Å². The van der Waals surface area contributed by atoms with E-state index < -0.39 is 0 Å². The quantitative estimate of drug-likeness (QED) is 0.722. The Morgan fingerprint density at radius 3 is 2.68 bits per heavy atom. The fourth-order valence-electron chi connectivity index (χ4n) is 2.41. The van der Waals surface area contributed by atoms with Gasteiger partial charge in [0.05, 0.1) is 10.6 Å². The van der Waals surface area contributed by atoms with E-state index in [0.717, 1.165) is 23.3 Å². The van der Waals surface area contributed by atoms with Crippen LogP contribution in [0, 0.1) is 11.3 Å². The molecule has 0 spiro atoms. The summed E-state index contributed by atoms with van der Waals surface area (Å²) in [5.74, 6) is 0. The van der Waals surface area contributed by atoms with Crippen LogP contribution < -0.4 is 0 Å². The molecule has 3 rings (SSSR count). The smallest absolute Gasteiger partial charge is 0.101 e.